The molecule has 420 valence electrons. The van der Waals surface area contributed by atoms with Gasteiger partial charge >= 0.3 is 41.9 Å². The van der Waals surface area contributed by atoms with Gasteiger partial charge in [-0.05, 0) is 161 Å². The first-order valence-electron chi connectivity index (χ1n) is 22.7. The molecule has 0 aliphatic rings. The zero-order valence-corrected chi connectivity index (χ0v) is 48.6. The molecule has 70 heavy (non-hydrogen) atoms. The van der Waals surface area contributed by atoms with Crippen LogP contribution in [0.2, 0.25) is 0 Å². The smallest absolute Gasteiger partial charge is 0.444 e. The minimum atomic E-state index is -1.06. The molecule has 7 amide bonds. The van der Waals surface area contributed by atoms with Crippen LogP contribution in [0, 0.1) is 0 Å². The number of nitrogens with two attached hydrogens (primary N) is 2. The van der Waals surface area contributed by atoms with Crippen LogP contribution < -0.4 is 32.7 Å². The lowest BCUT2D eigenvalue weighted by molar-refractivity contribution is -0.0295. The molecule has 0 saturated heterocycles. The lowest BCUT2D eigenvalue weighted by atomic mass is 10.2. The van der Waals surface area contributed by atoms with E-state index in [4.69, 9.17) is 42.0 Å². The van der Waals surface area contributed by atoms with Crippen LogP contribution in [-0.2, 0) is 23.7 Å². The summed E-state index contributed by atoms with van der Waals surface area (Å²) in [7, 11) is 17.2. The molecule has 0 aromatic rings. The third-order valence-electron chi connectivity index (χ3n) is 6.67. The van der Waals surface area contributed by atoms with Crippen LogP contribution >= 0.6 is 24.0 Å². The van der Waals surface area contributed by atoms with Crippen LogP contribution in [0.25, 0.3) is 0 Å². The molecular formula is C45H99Cl2N11O12. The first kappa shape index (κ1) is 79.8. The molecule has 0 fully saturated rings. The van der Waals surface area contributed by atoms with E-state index >= 15 is 0 Å². The van der Waals surface area contributed by atoms with Crippen molar-refractivity contribution < 1.29 is 57.2 Å². The summed E-state index contributed by atoms with van der Waals surface area (Å²) in [5.74, 6) is 0. The van der Waals surface area contributed by atoms with Crippen LogP contribution in [-0.4, -0.2) is 212 Å². The van der Waals surface area contributed by atoms with Gasteiger partial charge in [-0.2, -0.15) is 0 Å². The Hall–Kier alpha value is -4.29. The number of amides is 7. The van der Waals surface area contributed by atoms with Gasteiger partial charge in [0.05, 0.1) is 0 Å². The number of hydrogen-bond donors (Lipinski definition) is 6. The van der Waals surface area contributed by atoms with Crippen molar-refractivity contribution in [3.05, 3.63) is 0 Å². The molecule has 0 heterocycles. The molecule has 0 spiro atoms. The summed E-state index contributed by atoms with van der Waals surface area (Å²) < 4.78 is 24.2. The van der Waals surface area contributed by atoms with Gasteiger partial charge < -0.3 is 80.9 Å². The van der Waals surface area contributed by atoms with Crippen LogP contribution in [0.15, 0.2) is 0 Å². The van der Waals surface area contributed by atoms with Crippen molar-refractivity contribution in [2.45, 2.75) is 131 Å². The Balaban J connectivity index is -0.000000141. The molecule has 0 aromatic heterocycles. The number of nitrogens with one attached hydrogen (secondary N) is 4. The zero-order chi connectivity index (χ0) is 55.8. The quantitative estimate of drug-likeness (QED) is 0.0276. The number of halogens is 2. The molecule has 0 aliphatic heterocycles. The van der Waals surface area contributed by atoms with E-state index < -0.39 is 40.1 Å². The van der Waals surface area contributed by atoms with Gasteiger partial charge in [0.25, 0.3) is 0 Å². The van der Waals surface area contributed by atoms with Crippen molar-refractivity contribution in [3.8, 4) is 0 Å². The third kappa shape index (κ3) is 70.3. The first-order valence-corrected chi connectivity index (χ1v) is 23.1. The van der Waals surface area contributed by atoms with Crippen molar-refractivity contribution in [1.82, 2.24) is 45.8 Å². The van der Waals surface area contributed by atoms with Gasteiger partial charge in [-0.3, -0.25) is 4.79 Å². The highest BCUT2D eigenvalue weighted by atomic mass is 35.5. The van der Waals surface area contributed by atoms with E-state index in [1.54, 1.807) is 97.9 Å². The Kier molecular flexibility index (Phi) is 50.9. The standard InChI is InChI=1S/C12H25N3O3.C10H18O5.C9H20N2O2.C7H17N3O.C4H12N2.C3H6ClNO.ClH/c1-12(2,3)18-11(17)15(6)9-7-8-13-10(16)14(4)5;1-9(2,3)14-7(11)13-8(12)15-10(4,5)6;1-9(2,3)13-8(12)11(4)7-5-6-10;1-8-5-4-6-9-7(11)10(2)3;1-6-4-2-3-5;1-5(2)3(4)6;/h7-9H2,1-6H3,(H,13,16);1-6H3;5-7,10H2,1-4H3;8H,4-6H2,1-3H3,(H,9,11);6H,2-5H2,1H3;1-2H3;1H. The van der Waals surface area contributed by atoms with Crippen molar-refractivity contribution >= 4 is 65.9 Å². The minimum absolute atomic E-state index is 0. The highest BCUT2D eigenvalue weighted by Gasteiger charge is 2.24. The fraction of sp³-hybridized carbons (Fsp3) is 0.844. The summed E-state index contributed by atoms with van der Waals surface area (Å²) >= 11 is 4.90. The van der Waals surface area contributed by atoms with Crippen LogP contribution in [0.3, 0.4) is 0 Å². The van der Waals surface area contributed by atoms with Crippen LogP contribution in [0.1, 0.15) is 109 Å². The molecule has 0 bridgehead atoms. The predicted molar refractivity (Wildman–Crippen MR) is 282 cm³/mol. The monoisotopic (exact) mass is 1060 g/mol. The highest BCUT2D eigenvalue weighted by molar-refractivity contribution is 6.62. The minimum Gasteiger partial charge on any atom is -0.444 e. The second-order valence-corrected chi connectivity index (χ2v) is 19.8. The lowest BCUT2D eigenvalue weighted by Gasteiger charge is -2.24. The number of hydrogen-bond acceptors (Lipinski definition) is 16. The zero-order valence-electron chi connectivity index (χ0n) is 47.1. The molecule has 0 atom stereocenters. The van der Waals surface area contributed by atoms with Gasteiger partial charge in [0.15, 0.2) is 0 Å². The Morgan fingerprint density at radius 2 is 0.743 bits per heavy atom. The average Bonchev–Trinajstić information content (AvgIpc) is 3.17. The topological polar surface area (TPSA) is 282 Å². The Morgan fingerprint density at radius 3 is 0.986 bits per heavy atom. The SMILES string of the molecule is CC(C)(C)OC(=O)OC(=O)OC(C)(C)C.CN(C)C(=O)Cl.CN(C)C(=O)NCCCN(C)C(=O)OC(C)(C)C.CN(CCCN)C(=O)OC(C)(C)C.CNCCCN.CNCCCNC(=O)N(C)C.Cl. The maximum atomic E-state index is 11.6. The molecule has 25 heteroatoms. The summed E-state index contributed by atoms with van der Waals surface area (Å²) in [6.07, 6.45) is 0.786. The maximum absolute atomic E-state index is 11.6. The van der Waals surface area contributed by atoms with E-state index in [-0.39, 0.29) is 36.7 Å². The van der Waals surface area contributed by atoms with Gasteiger partial charge in [-0.1, -0.05) is 0 Å². The average molecular weight is 1060 g/mol. The molecule has 0 rings (SSSR count). The number of rotatable bonds is 14. The number of carbonyl (C=O) groups excluding carboxylic acids is 7. The van der Waals surface area contributed by atoms with E-state index in [0.29, 0.717) is 32.6 Å². The third-order valence-corrected chi connectivity index (χ3v) is 7.01. The fourth-order valence-corrected chi connectivity index (χ4v) is 3.37. The molecule has 0 saturated carbocycles. The van der Waals surface area contributed by atoms with E-state index in [9.17, 15) is 33.6 Å². The summed E-state index contributed by atoms with van der Waals surface area (Å²) in [5.41, 5.74) is 8.21. The van der Waals surface area contributed by atoms with Gasteiger partial charge in [0.2, 0.25) is 0 Å². The molecular weight excluding hydrogens is 957 g/mol. The number of carbonyl (C=O) groups is 7. The van der Waals surface area contributed by atoms with E-state index in [1.807, 2.05) is 55.6 Å². The van der Waals surface area contributed by atoms with E-state index in [1.165, 1.54) is 24.5 Å². The second kappa shape index (κ2) is 44.6. The van der Waals surface area contributed by atoms with Crippen molar-refractivity contribution in [3.63, 3.8) is 0 Å². The van der Waals surface area contributed by atoms with Gasteiger partial charge in [0, 0.05) is 82.6 Å². The van der Waals surface area contributed by atoms with Crippen LogP contribution in [0.5, 0.6) is 0 Å². The maximum Gasteiger partial charge on any atom is 0.519 e. The van der Waals surface area contributed by atoms with Crippen LogP contribution in [0.4, 0.5) is 33.6 Å². The molecule has 8 N–H and O–H groups in total. The Morgan fingerprint density at radius 1 is 0.457 bits per heavy atom. The summed E-state index contributed by atoms with van der Waals surface area (Å²) in [5, 5.41) is 11.1. The largest absolute Gasteiger partial charge is 0.519 e. The highest BCUT2D eigenvalue weighted by Crippen LogP contribution is 2.12. The Bertz CT molecular complexity index is 1360. The molecule has 0 aromatic carbocycles. The first-order chi connectivity index (χ1) is 31.2. The lowest BCUT2D eigenvalue weighted by Crippen LogP contribution is -2.38. The van der Waals surface area contributed by atoms with Gasteiger partial charge in [-0.25, -0.2) is 28.8 Å². The van der Waals surface area contributed by atoms with Crippen molar-refractivity contribution in [1.29, 1.82) is 0 Å². The fourth-order valence-electron chi connectivity index (χ4n) is 3.37. The van der Waals surface area contributed by atoms with Crippen molar-refractivity contribution in [2.75, 3.05) is 123 Å². The summed E-state index contributed by atoms with van der Waals surface area (Å²) in [4.78, 5) is 84.2. The number of nitrogens with zero attached hydrogens (tertiary/aromatic N) is 5. The molecule has 0 unspecified atom stereocenters. The summed E-state index contributed by atoms with van der Waals surface area (Å²) in [6.45, 7) is 26.9. The molecule has 0 aliphatic carbocycles. The van der Waals surface area contributed by atoms with Crippen molar-refractivity contribution in [2.24, 2.45) is 11.5 Å². The molecule has 0 radical (unpaired) electrons. The van der Waals surface area contributed by atoms with E-state index in [0.717, 1.165) is 45.4 Å². The number of ether oxygens (including phenoxy) is 5. The summed E-state index contributed by atoms with van der Waals surface area (Å²) in [6, 6.07) is -0.156. The van der Waals surface area contributed by atoms with Gasteiger partial charge in [0.1, 0.15) is 22.4 Å². The normalized spacial score (nSPS) is 10.3. The van der Waals surface area contributed by atoms with Gasteiger partial charge in [-0.15, -0.1) is 12.4 Å². The second-order valence-electron chi connectivity index (χ2n) is 19.4. The number of urea groups is 2. The predicted octanol–water partition coefficient (Wildman–Crippen LogP) is 6.34. The van der Waals surface area contributed by atoms with E-state index in [2.05, 4.69) is 26.0 Å². The Labute approximate surface area is 433 Å². The molecule has 23 nitrogen and oxygen atoms in total.